The Balaban J connectivity index is 0.000000255. The number of halogens is 1. The minimum atomic E-state index is -0.891. The standard InChI is InChI=1S/C6H6ClN.C4H6O2/c7-5-2-1-3-6(8)4-5;1-2-3-4(5)6/h1-4H,8H2;2-3H,1H3,(H,5,6). The van der Waals surface area contributed by atoms with Crippen molar-refractivity contribution in [2.75, 3.05) is 5.73 Å². The number of carbonyl (C=O) groups is 1. The number of hydrogen-bond acceptors (Lipinski definition) is 2. The van der Waals surface area contributed by atoms with Crippen LogP contribution in [0.15, 0.2) is 36.4 Å². The van der Waals surface area contributed by atoms with Crippen molar-refractivity contribution < 1.29 is 9.90 Å². The second-order valence-corrected chi connectivity index (χ2v) is 2.83. The highest BCUT2D eigenvalue weighted by atomic mass is 35.5. The van der Waals surface area contributed by atoms with Gasteiger partial charge in [0.25, 0.3) is 0 Å². The number of carboxylic acid groups (broad SMARTS) is 1. The molecule has 0 amide bonds. The minimum Gasteiger partial charge on any atom is -0.478 e. The van der Waals surface area contributed by atoms with E-state index in [1.54, 1.807) is 25.1 Å². The lowest BCUT2D eigenvalue weighted by Gasteiger charge is -1.89. The van der Waals surface area contributed by atoms with E-state index in [2.05, 4.69) is 0 Å². The van der Waals surface area contributed by atoms with Gasteiger partial charge < -0.3 is 10.8 Å². The van der Waals surface area contributed by atoms with E-state index in [0.717, 1.165) is 6.08 Å². The summed E-state index contributed by atoms with van der Waals surface area (Å²) in [6, 6.07) is 7.11. The summed E-state index contributed by atoms with van der Waals surface area (Å²) in [5, 5.41) is 8.51. The molecule has 0 saturated carbocycles. The summed E-state index contributed by atoms with van der Waals surface area (Å²) >= 11 is 5.56. The van der Waals surface area contributed by atoms with Gasteiger partial charge in [-0.05, 0) is 25.1 Å². The molecule has 0 atom stereocenters. The molecule has 0 radical (unpaired) electrons. The predicted octanol–water partition coefficient (Wildman–Crippen LogP) is 2.57. The zero-order valence-electron chi connectivity index (χ0n) is 7.77. The molecule has 0 aliphatic rings. The first-order valence-corrected chi connectivity index (χ1v) is 4.30. The molecule has 0 spiro atoms. The Hall–Kier alpha value is -1.48. The molecular formula is C10H12ClNO2. The smallest absolute Gasteiger partial charge is 0.327 e. The highest BCUT2D eigenvalue weighted by molar-refractivity contribution is 6.30. The van der Waals surface area contributed by atoms with E-state index < -0.39 is 5.97 Å². The Morgan fingerprint density at radius 3 is 2.43 bits per heavy atom. The van der Waals surface area contributed by atoms with Gasteiger partial charge in [0.15, 0.2) is 0 Å². The maximum absolute atomic E-state index is 9.51. The van der Waals surface area contributed by atoms with Crippen molar-refractivity contribution in [2.24, 2.45) is 0 Å². The Morgan fingerprint density at radius 1 is 1.57 bits per heavy atom. The average Bonchev–Trinajstić information content (AvgIpc) is 2.03. The van der Waals surface area contributed by atoms with Gasteiger partial charge in [-0.15, -0.1) is 0 Å². The fourth-order valence-electron chi connectivity index (χ4n) is 0.649. The second kappa shape index (κ2) is 6.97. The van der Waals surface area contributed by atoms with Crippen molar-refractivity contribution in [2.45, 2.75) is 6.92 Å². The summed E-state index contributed by atoms with van der Waals surface area (Å²) in [7, 11) is 0. The molecule has 14 heavy (non-hydrogen) atoms. The third kappa shape index (κ3) is 7.18. The predicted molar refractivity (Wildman–Crippen MR) is 58.3 cm³/mol. The first-order valence-electron chi connectivity index (χ1n) is 3.93. The number of rotatable bonds is 1. The lowest BCUT2D eigenvalue weighted by atomic mass is 10.3. The molecule has 0 aromatic heterocycles. The van der Waals surface area contributed by atoms with Crippen LogP contribution in [0.4, 0.5) is 5.69 Å². The van der Waals surface area contributed by atoms with Gasteiger partial charge in [-0.2, -0.15) is 0 Å². The third-order valence-electron chi connectivity index (χ3n) is 1.16. The monoisotopic (exact) mass is 213 g/mol. The summed E-state index contributed by atoms with van der Waals surface area (Å²) in [6.45, 7) is 1.66. The number of nitrogen functional groups attached to an aromatic ring is 1. The van der Waals surface area contributed by atoms with Crippen LogP contribution in [-0.2, 0) is 4.79 Å². The molecular weight excluding hydrogens is 202 g/mol. The molecule has 0 bridgehead atoms. The Labute approximate surface area is 87.8 Å². The van der Waals surface area contributed by atoms with E-state index in [1.165, 1.54) is 6.08 Å². The van der Waals surface area contributed by atoms with Crippen LogP contribution in [-0.4, -0.2) is 11.1 Å². The number of carboxylic acids is 1. The number of allylic oxidation sites excluding steroid dienone is 1. The topological polar surface area (TPSA) is 63.3 Å². The average molecular weight is 214 g/mol. The van der Waals surface area contributed by atoms with E-state index in [0.29, 0.717) is 10.7 Å². The Morgan fingerprint density at radius 2 is 2.21 bits per heavy atom. The molecule has 1 rings (SSSR count). The van der Waals surface area contributed by atoms with Gasteiger partial charge in [-0.3, -0.25) is 0 Å². The maximum atomic E-state index is 9.51. The maximum Gasteiger partial charge on any atom is 0.327 e. The van der Waals surface area contributed by atoms with Crippen molar-refractivity contribution in [3.05, 3.63) is 41.4 Å². The summed E-state index contributed by atoms with van der Waals surface area (Å²) in [5.74, 6) is -0.891. The molecule has 0 aliphatic carbocycles. The van der Waals surface area contributed by atoms with E-state index >= 15 is 0 Å². The Kier molecular flexibility index (Phi) is 6.24. The van der Waals surface area contributed by atoms with Gasteiger partial charge in [-0.1, -0.05) is 23.7 Å². The van der Waals surface area contributed by atoms with Crippen molar-refractivity contribution in [3.8, 4) is 0 Å². The van der Waals surface area contributed by atoms with E-state index in [-0.39, 0.29) is 0 Å². The van der Waals surface area contributed by atoms with Crippen LogP contribution in [0.5, 0.6) is 0 Å². The fraction of sp³-hybridized carbons (Fsp3) is 0.100. The van der Waals surface area contributed by atoms with Crippen LogP contribution in [0.2, 0.25) is 5.02 Å². The third-order valence-corrected chi connectivity index (χ3v) is 1.39. The molecule has 0 aliphatic heterocycles. The number of benzene rings is 1. The van der Waals surface area contributed by atoms with Crippen LogP contribution < -0.4 is 5.73 Å². The molecule has 3 N–H and O–H groups in total. The molecule has 1 aromatic carbocycles. The van der Waals surface area contributed by atoms with Crippen molar-refractivity contribution in [3.63, 3.8) is 0 Å². The molecule has 1 aromatic rings. The lowest BCUT2D eigenvalue weighted by Crippen LogP contribution is -1.83. The highest BCUT2D eigenvalue weighted by Gasteiger charge is 1.83. The van der Waals surface area contributed by atoms with E-state index in [9.17, 15) is 4.79 Å². The first-order chi connectivity index (χ1) is 6.56. The minimum absolute atomic E-state index is 0.685. The largest absolute Gasteiger partial charge is 0.478 e. The van der Waals surface area contributed by atoms with Gasteiger partial charge in [0, 0.05) is 16.8 Å². The first kappa shape index (κ1) is 12.5. The van der Waals surface area contributed by atoms with Crippen LogP contribution in [0.25, 0.3) is 0 Å². The molecule has 0 fully saturated rings. The van der Waals surface area contributed by atoms with Crippen molar-refractivity contribution >= 4 is 23.3 Å². The number of aliphatic carboxylic acids is 1. The van der Waals surface area contributed by atoms with Gasteiger partial charge in [0.05, 0.1) is 0 Å². The van der Waals surface area contributed by atoms with Crippen molar-refractivity contribution in [1.29, 1.82) is 0 Å². The number of nitrogens with two attached hydrogens (primary N) is 1. The summed E-state index contributed by atoms with van der Waals surface area (Å²) in [4.78, 5) is 9.51. The summed E-state index contributed by atoms with van der Waals surface area (Å²) in [6.07, 6.45) is 2.56. The van der Waals surface area contributed by atoms with Gasteiger partial charge in [-0.25, -0.2) is 4.79 Å². The summed E-state index contributed by atoms with van der Waals surface area (Å²) < 4.78 is 0. The number of hydrogen-bond donors (Lipinski definition) is 2. The molecule has 0 heterocycles. The zero-order valence-corrected chi connectivity index (χ0v) is 8.53. The van der Waals surface area contributed by atoms with Crippen LogP contribution in [0.1, 0.15) is 6.92 Å². The van der Waals surface area contributed by atoms with Crippen molar-refractivity contribution in [1.82, 2.24) is 0 Å². The molecule has 0 unspecified atom stereocenters. The molecule has 0 saturated heterocycles. The molecule has 3 nitrogen and oxygen atoms in total. The van der Waals surface area contributed by atoms with Crippen LogP contribution >= 0.6 is 11.6 Å². The van der Waals surface area contributed by atoms with Crippen LogP contribution in [0, 0.1) is 0 Å². The van der Waals surface area contributed by atoms with E-state index in [4.69, 9.17) is 22.4 Å². The summed E-state index contributed by atoms with van der Waals surface area (Å²) in [5.41, 5.74) is 6.08. The van der Waals surface area contributed by atoms with E-state index in [1.807, 2.05) is 6.07 Å². The highest BCUT2D eigenvalue weighted by Crippen LogP contribution is 2.10. The Bertz CT molecular complexity index is 306. The fourth-order valence-corrected chi connectivity index (χ4v) is 0.848. The van der Waals surface area contributed by atoms with Gasteiger partial charge >= 0.3 is 5.97 Å². The molecule has 4 heteroatoms. The van der Waals surface area contributed by atoms with Crippen LogP contribution in [0.3, 0.4) is 0 Å². The molecule has 76 valence electrons. The quantitative estimate of drug-likeness (QED) is 0.557. The van der Waals surface area contributed by atoms with Gasteiger partial charge in [0.2, 0.25) is 0 Å². The SMILES string of the molecule is CC=CC(=O)O.Nc1cccc(Cl)c1. The normalized spacial score (nSPS) is 9.29. The lowest BCUT2D eigenvalue weighted by molar-refractivity contribution is -0.131. The second-order valence-electron chi connectivity index (χ2n) is 2.39. The number of anilines is 1. The zero-order chi connectivity index (χ0) is 11.0. The van der Waals surface area contributed by atoms with Gasteiger partial charge in [0.1, 0.15) is 0 Å².